The second kappa shape index (κ2) is 4.00. The van der Waals surface area contributed by atoms with Gasteiger partial charge in [-0.05, 0) is 30.5 Å². The van der Waals surface area contributed by atoms with Crippen LogP contribution in [0.15, 0.2) is 24.3 Å². The maximum Gasteiger partial charge on any atom is 0.123 e. The van der Waals surface area contributed by atoms with Crippen molar-refractivity contribution in [3.8, 4) is 6.07 Å². The molecule has 15 heavy (non-hydrogen) atoms. The van der Waals surface area contributed by atoms with E-state index in [1.165, 1.54) is 12.1 Å². The van der Waals surface area contributed by atoms with Crippen LogP contribution in [0, 0.1) is 23.1 Å². The summed E-state index contributed by atoms with van der Waals surface area (Å²) in [5.74, 6) is -0.596. The SMILES string of the molecule is N#CC1CCC(O)C1c1ccc(F)cc1. The second-order valence-corrected chi connectivity index (χ2v) is 3.96. The van der Waals surface area contributed by atoms with Gasteiger partial charge in [0.05, 0.1) is 18.1 Å². The van der Waals surface area contributed by atoms with Crippen molar-refractivity contribution in [2.45, 2.75) is 24.9 Å². The highest BCUT2D eigenvalue weighted by atomic mass is 19.1. The van der Waals surface area contributed by atoms with E-state index in [1.807, 2.05) is 0 Å². The maximum absolute atomic E-state index is 12.7. The fraction of sp³-hybridized carbons (Fsp3) is 0.417. The van der Waals surface area contributed by atoms with Crippen LogP contribution < -0.4 is 0 Å². The van der Waals surface area contributed by atoms with Gasteiger partial charge in [-0.2, -0.15) is 5.26 Å². The molecule has 0 heterocycles. The molecule has 0 aromatic heterocycles. The average Bonchev–Trinajstić information content (AvgIpc) is 2.61. The van der Waals surface area contributed by atoms with Crippen molar-refractivity contribution in [1.29, 1.82) is 5.26 Å². The van der Waals surface area contributed by atoms with Crippen molar-refractivity contribution in [1.82, 2.24) is 0 Å². The zero-order valence-corrected chi connectivity index (χ0v) is 8.23. The molecular formula is C12H12FNO. The third-order valence-electron chi connectivity index (χ3n) is 3.04. The Morgan fingerprint density at radius 1 is 1.27 bits per heavy atom. The van der Waals surface area contributed by atoms with E-state index < -0.39 is 6.10 Å². The monoisotopic (exact) mass is 205 g/mol. The Balaban J connectivity index is 2.29. The lowest BCUT2D eigenvalue weighted by atomic mass is 9.88. The Morgan fingerprint density at radius 3 is 2.53 bits per heavy atom. The predicted octanol–water partition coefficient (Wildman–Crippen LogP) is 2.20. The topological polar surface area (TPSA) is 44.0 Å². The van der Waals surface area contributed by atoms with E-state index in [9.17, 15) is 9.50 Å². The first-order valence-electron chi connectivity index (χ1n) is 5.05. The number of aliphatic hydroxyl groups is 1. The number of rotatable bonds is 1. The first-order valence-corrected chi connectivity index (χ1v) is 5.05. The fourth-order valence-corrected chi connectivity index (χ4v) is 2.26. The summed E-state index contributed by atoms with van der Waals surface area (Å²) < 4.78 is 12.7. The summed E-state index contributed by atoms with van der Waals surface area (Å²) in [5, 5.41) is 18.7. The fourth-order valence-electron chi connectivity index (χ4n) is 2.26. The third-order valence-corrected chi connectivity index (χ3v) is 3.04. The molecule has 1 aliphatic rings. The zero-order valence-electron chi connectivity index (χ0n) is 8.23. The van der Waals surface area contributed by atoms with Gasteiger partial charge in [-0.15, -0.1) is 0 Å². The lowest BCUT2D eigenvalue weighted by Gasteiger charge is -2.17. The Bertz CT molecular complexity index is 382. The van der Waals surface area contributed by atoms with Crippen molar-refractivity contribution in [3.05, 3.63) is 35.6 Å². The zero-order chi connectivity index (χ0) is 10.8. The molecule has 2 nitrogen and oxygen atoms in total. The Morgan fingerprint density at radius 2 is 1.93 bits per heavy atom. The first-order chi connectivity index (χ1) is 7.22. The van der Waals surface area contributed by atoms with E-state index in [4.69, 9.17) is 5.26 Å². The van der Waals surface area contributed by atoms with Crippen LogP contribution in [0.1, 0.15) is 24.3 Å². The predicted molar refractivity (Wildman–Crippen MR) is 53.5 cm³/mol. The van der Waals surface area contributed by atoms with E-state index in [0.29, 0.717) is 6.42 Å². The van der Waals surface area contributed by atoms with Gasteiger partial charge in [0.25, 0.3) is 0 Å². The van der Waals surface area contributed by atoms with Crippen molar-refractivity contribution >= 4 is 0 Å². The molecule has 1 aliphatic carbocycles. The standard InChI is InChI=1S/C12H12FNO/c13-10-4-1-8(2-5-10)12-9(7-14)3-6-11(12)15/h1-2,4-5,9,11-12,15H,3,6H2. The highest BCUT2D eigenvalue weighted by Crippen LogP contribution is 2.39. The van der Waals surface area contributed by atoms with Crippen LogP contribution >= 0.6 is 0 Å². The van der Waals surface area contributed by atoms with Gasteiger partial charge in [0.15, 0.2) is 0 Å². The molecule has 1 aromatic rings. The molecule has 78 valence electrons. The minimum absolute atomic E-state index is 0.148. The van der Waals surface area contributed by atoms with Crippen LogP contribution in [0.2, 0.25) is 0 Å². The van der Waals surface area contributed by atoms with E-state index in [-0.39, 0.29) is 17.7 Å². The number of hydrogen-bond acceptors (Lipinski definition) is 2. The third kappa shape index (κ3) is 1.86. The van der Waals surface area contributed by atoms with Gasteiger partial charge in [0, 0.05) is 5.92 Å². The van der Waals surface area contributed by atoms with Crippen molar-refractivity contribution in [2.75, 3.05) is 0 Å². The second-order valence-electron chi connectivity index (χ2n) is 3.96. The van der Waals surface area contributed by atoms with Gasteiger partial charge in [0.1, 0.15) is 5.82 Å². The summed E-state index contributed by atoms with van der Waals surface area (Å²) in [6.07, 6.45) is 0.903. The van der Waals surface area contributed by atoms with Crippen LogP contribution in [-0.4, -0.2) is 11.2 Å². The summed E-state index contributed by atoms with van der Waals surface area (Å²) >= 11 is 0. The number of nitriles is 1. The molecule has 3 atom stereocenters. The van der Waals surface area contributed by atoms with Gasteiger partial charge in [0.2, 0.25) is 0 Å². The van der Waals surface area contributed by atoms with E-state index in [1.54, 1.807) is 12.1 Å². The van der Waals surface area contributed by atoms with E-state index >= 15 is 0 Å². The highest BCUT2D eigenvalue weighted by molar-refractivity contribution is 5.25. The highest BCUT2D eigenvalue weighted by Gasteiger charge is 2.35. The number of halogens is 1. The van der Waals surface area contributed by atoms with E-state index in [0.717, 1.165) is 12.0 Å². The van der Waals surface area contributed by atoms with Crippen molar-refractivity contribution in [3.63, 3.8) is 0 Å². The molecule has 2 rings (SSSR count). The molecule has 1 saturated carbocycles. The summed E-state index contributed by atoms with van der Waals surface area (Å²) in [5.41, 5.74) is 0.855. The van der Waals surface area contributed by atoms with Crippen molar-refractivity contribution < 1.29 is 9.50 Å². The normalized spacial score (nSPS) is 30.1. The van der Waals surface area contributed by atoms with Gasteiger partial charge < -0.3 is 5.11 Å². The average molecular weight is 205 g/mol. The molecule has 0 aliphatic heterocycles. The smallest absolute Gasteiger partial charge is 0.123 e. The molecule has 0 amide bonds. The molecular weight excluding hydrogens is 193 g/mol. The van der Waals surface area contributed by atoms with E-state index in [2.05, 4.69) is 6.07 Å². The Labute approximate surface area is 88.0 Å². The van der Waals surface area contributed by atoms with Crippen LogP contribution in [0.3, 0.4) is 0 Å². The van der Waals surface area contributed by atoms with Gasteiger partial charge >= 0.3 is 0 Å². The molecule has 1 aromatic carbocycles. The maximum atomic E-state index is 12.7. The number of hydrogen-bond donors (Lipinski definition) is 1. The number of nitrogens with zero attached hydrogens (tertiary/aromatic N) is 1. The Hall–Kier alpha value is -1.40. The first kappa shape index (κ1) is 10.1. The molecule has 3 heteroatoms. The summed E-state index contributed by atoms with van der Waals surface area (Å²) in [7, 11) is 0. The molecule has 0 bridgehead atoms. The van der Waals surface area contributed by atoms with Crippen molar-refractivity contribution in [2.24, 2.45) is 5.92 Å². The summed E-state index contributed by atoms with van der Waals surface area (Å²) in [4.78, 5) is 0. The lowest BCUT2D eigenvalue weighted by Crippen LogP contribution is -2.16. The number of aliphatic hydroxyl groups excluding tert-OH is 1. The molecule has 1 N–H and O–H groups in total. The minimum Gasteiger partial charge on any atom is -0.392 e. The van der Waals surface area contributed by atoms with Gasteiger partial charge in [-0.3, -0.25) is 0 Å². The number of benzene rings is 1. The van der Waals surface area contributed by atoms with Gasteiger partial charge in [-0.25, -0.2) is 4.39 Å². The minimum atomic E-state index is -0.472. The summed E-state index contributed by atoms with van der Waals surface area (Å²) in [6, 6.07) is 8.25. The quantitative estimate of drug-likeness (QED) is 0.763. The van der Waals surface area contributed by atoms with Crippen LogP contribution in [0.25, 0.3) is 0 Å². The molecule has 0 spiro atoms. The Kier molecular flexibility index (Phi) is 2.70. The molecule has 0 saturated heterocycles. The van der Waals surface area contributed by atoms with Gasteiger partial charge in [-0.1, -0.05) is 12.1 Å². The molecule has 3 unspecified atom stereocenters. The van der Waals surface area contributed by atoms with Crippen LogP contribution in [-0.2, 0) is 0 Å². The molecule has 1 fully saturated rings. The van der Waals surface area contributed by atoms with Crippen LogP contribution in [0.5, 0.6) is 0 Å². The lowest BCUT2D eigenvalue weighted by molar-refractivity contribution is 0.159. The summed E-state index contributed by atoms with van der Waals surface area (Å²) in [6.45, 7) is 0. The largest absolute Gasteiger partial charge is 0.392 e. The van der Waals surface area contributed by atoms with Crippen LogP contribution in [0.4, 0.5) is 4.39 Å². The molecule has 0 radical (unpaired) electrons.